The van der Waals surface area contributed by atoms with Crippen molar-refractivity contribution in [2.75, 3.05) is 5.32 Å². The number of rotatable bonds is 3. The number of nitro groups is 1. The molecular weight excluding hydrogens is 371 g/mol. The Kier molecular flexibility index (Phi) is 4.33. The first kappa shape index (κ1) is 14.4. The second kappa shape index (κ2) is 6.00. The Morgan fingerprint density at radius 3 is 2.60 bits per heavy atom. The number of nitrogens with zero attached hydrogens (tertiary/aromatic N) is 1. The lowest BCUT2D eigenvalue weighted by Crippen LogP contribution is -2.14. The summed E-state index contributed by atoms with van der Waals surface area (Å²) in [5.41, 5.74) is 1.27. The molecule has 0 spiro atoms. The zero-order chi connectivity index (χ0) is 14.7. The minimum atomic E-state index is -0.489. The summed E-state index contributed by atoms with van der Waals surface area (Å²) >= 11 is 2.15. The van der Waals surface area contributed by atoms with Crippen molar-refractivity contribution < 1.29 is 9.72 Å². The Balaban J connectivity index is 2.30. The van der Waals surface area contributed by atoms with Gasteiger partial charge in [0.15, 0.2) is 0 Å². The number of carbonyl (C=O) groups excluding carboxylic acids is 1. The van der Waals surface area contributed by atoms with E-state index in [0.717, 1.165) is 3.57 Å². The van der Waals surface area contributed by atoms with E-state index in [0.29, 0.717) is 16.8 Å². The summed E-state index contributed by atoms with van der Waals surface area (Å²) < 4.78 is 0.996. The van der Waals surface area contributed by atoms with E-state index in [9.17, 15) is 14.9 Å². The van der Waals surface area contributed by atoms with E-state index >= 15 is 0 Å². The van der Waals surface area contributed by atoms with E-state index in [4.69, 9.17) is 0 Å². The highest BCUT2D eigenvalue weighted by Gasteiger charge is 2.17. The van der Waals surface area contributed by atoms with Crippen LogP contribution in [0.4, 0.5) is 11.4 Å². The van der Waals surface area contributed by atoms with Gasteiger partial charge in [-0.25, -0.2) is 0 Å². The standard InChI is InChI=1S/C14H11IN2O3/c1-9-12(6-3-7-13(9)17(19)20)14(18)16-11-5-2-4-10(15)8-11/h2-8H,1H3,(H,16,18). The van der Waals surface area contributed by atoms with Crippen molar-refractivity contribution in [1.82, 2.24) is 0 Å². The molecule has 2 aromatic carbocycles. The van der Waals surface area contributed by atoms with Crippen LogP contribution in [0.15, 0.2) is 42.5 Å². The minimum Gasteiger partial charge on any atom is -0.322 e. The van der Waals surface area contributed by atoms with Crippen molar-refractivity contribution in [1.29, 1.82) is 0 Å². The summed E-state index contributed by atoms with van der Waals surface area (Å²) in [6.45, 7) is 1.57. The summed E-state index contributed by atoms with van der Waals surface area (Å²) in [5, 5.41) is 13.6. The Hall–Kier alpha value is -1.96. The first-order valence-corrected chi connectivity index (χ1v) is 6.88. The summed E-state index contributed by atoms with van der Waals surface area (Å²) in [5.74, 6) is -0.354. The predicted molar refractivity (Wildman–Crippen MR) is 84.9 cm³/mol. The maximum atomic E-state index is 12.2. The van der Waals surface area contributed by atoms with E-state index < -0.39 is 4.92 Å². The number of hydrogen-bond donors (Lipinski definition) is 1. The molecule has 0 aromatic heterocycles. The molecule has 0 fully saturated rings. The van der Waals surface area contributed by atoms with Crippen LogP contribution in [-0.4, -0.2) is 10.8 Å². The fraction of sp³-hybridized carbons (Fsp3) is 0.0714. The van der Waals surface area contributed by atoms with E-state index in [1.54, 1.807) is 19.1 Å². The number of halogens is 1. The molecule has 0 bridgehead atoms. The van der Waals surface area contributed by atoms with Crippen LogP contribution in [0, 0.1) is 20.6 Å². The Morgan fingerprint density at radius 1 is 1.25 bits per heavy atom. The van der Waals surface area contributed by atoms with Gasteiger partial charge in [-0.2, -0.15) is 0 Å². The maximum absolute atomic E-state index is 12.2. The molecular formula is C14H11IN2O3. The van der Waals surface area contributed by atoms with Gasteiger partial charge < -0.3 is 5.32 Å². The zero-order valence-electron chi connectivity index (χ0n) is 10.6. The molecule has 102 valence electrons. The molecule has 5 nitrogen and oxygen atoms in total. The van der Waals surface area contributed by atoms with Crippen LogP contribution in [0.3, 0.4) is 0 Å². The fourth-order valence-electron chi connectivity index (χ4n) is 1.83. The quantitative estimate of drug-likeness (QED) is 0.499. The second-order valence-electron chi connectivity index (χ2n) is 4.17. The smallest absolute Gasteiger partial charge is 0.273 e. The number of amides is 1. The van der Waals surface area contributed by atoms with Crippen molar-refractivity contribution in [3.05, 3.63) is 67.3 Å². The van der Waals surface area contributed by atoms with Crippen LogP contribution in [0.5, 0.6) is 0 Å². The van der Waals surface area contributed by atoms with Crippen molar-refractivity contribution in [3.63, 3.8) is 0 Å². The molecule has 1 N–H and O–H groups in total. The average Bonchev–Trinajstić information content (AvgIpc) is 2.38. The number of carbonyl (C=O) groups is 1. The lowest BCUT2D eigenvalue weighted by atomic mass is 10.1. The van der Waals surface area contributed by atoms with Crippen molar-refractivity contribution >= 4 is 39.9 Å². The Morgan fingerprint density at radius 2 is 1.95 bits per heavy atom. The largest absolute Gasteiger partial charge is 0.322 e. The van der Waals surface area contributed by atoms with Gasteiger partial charge in [0.2, 0.25) is 0 Å². The van der Waals surface area contributed by atoms with Gasteiger partial charge in [0.1, 0.15) is 0 Å². The van der Waals surface area contributed by atoms with Crippen LogP contribution in [0.1, 0.15) is 15.9 Å². The molecule has 0 saturated heterocycles. The van der Waals surface area contributed by atoms with E-state index in [1.807, 2.05) is 18.2 Å². The summed E-state index contributed by atoms with van der Waals surface area (Å²) in [6.07, 6.45) is 0. The van der Waals surface area contributed by atoms with Crippen molar-refractivity contribution in [2.24, 2.45) is 0 Å². The molecule has 0 radical (unpaired) electrons. The second-order valence-corrected chi connectivity index (χ2v) is 5.42. The van der Waals surface area contributed by atoms with Crippen LogP contribution in [-0.2, 0) is 0 Å². The number of nitrogens with one attached hydrogen (secondary N) is 1. The molecule has 0 aliphatic carbocycles. The third kappa shape index (κ3) is 3.13. The van der Waals surface area contributed by atoms with Gasteiger partial charge >= 0.3 is 0 Å². The highest BCUT2D eigenvalue weighted by Crippen LogP contribution is 2.22. The summed E-state index contributed by atoms with van der Waals surface area (Å²) in [6, 6.07) is 11.8. The molecule has 20 heavy (non-hydrogen) atoms. The number of hydrogen-bond acceptors (Lipinski definition) is 3. The molecule has 0 aliphatic heterocycles. The minimum absolute atomic E-state index is 0.0553. The third-order valence-electron chi connectivity index (χ3n) is 2.83. The van der Waals surface area contributed by atoms with Gasteiger partial charge in [-0.3, -0.25) is 14.9 Å². The Bertz CT molecular complexity index is 686. The Labute approximate surface area is 129 Å². The van der Waals surface area contributed by atoms with Crippen molar-refractivity contribution in [2.45, 2.75) is 6.92 Å². The van der Waals surface area contributed by atoms with Crippen LogP contribution >= 0.6 is 22.6 Å². The number of anilines is 1. The van der Waals surface area contributed by atoms with Gasteiger partial charge in [-0.05, 0) is 53.8 Å². The number of benzene rings is 2. The van der Waals surface area contributed by atoms with Gasteiger partial charge in [-0.15, -0.1) is 0 Å². The predicted octanol–water partition coefficient (Wildman–Crippen LogP) is 3.76. The molecule has 0 unspecified atom stereocenters. The molecule has 0 saturated carbocycles. The van der Waals surface area contributed by atoms with Crippen LogP contribution in [0.25, 0.3) is 0 Å². The lowest BCUT2D eigenvalue weighted by Gasteiger charge is -2.08. The average molecular weight is 382 g/mol. The van der Waals surface area contributed by atoms with E-state index in [-0.39, 0.29) is 11.6 Å². The van der Waals surface area contributed by atoms with Gasteiger partial charge in [0.25, 0.3) is 11.6 Å². The lowest BCUT2D eigenvalue weighted by molar-refractivity contribution is -0.385. The normalized spacial score (nSPS) is 10.1. The molecule has 2 rings (SSSR count). The maximum Gasteiger partial charge on any atom is 0.273 e. The van der Waals surface area contributed by atoms with E-state index in [2.05, 4.69) is 27.9 Å². The highest BCUT2D eigenvalue weighted by atomic mass is 127. The highest BCUT2D eigenvalue weighted by molar-refractivity contribution is 14.1. The van der Waals surface area contributed by atoms with Gasteiger partial charge in [-0.1, -0.05) is 12.1 Å². The molecule has 2 aromatic rings. The third-order valence-corrected chi connectivity index (χ3v) is 3.50. The summed E-state index contributed by atoms with van der Waals surface area (Å²) in [4.78, 5) is 22.6. The SMILES string of the molecule is Cc1c(C(=O)Nc2cccc(I)c2)cccc1[N+](=O)[O-]. The topological polar surface area (TPSA) is 72.2 Å². The summed E-state index contributed by atoms with van der Waals surface area (Å²) in [7, 11) is 0. The number of nitro benzene ring substituents is 1. The van der Waals surface area contributed by atoms with Gasteiger partial charge in [0, 0.05) is 26.5 Å². The van der Waals surface area contributed by atoms with Gasteiger partial charge in [0.05, 0.1) is 4.92 Å². The van der Waals surface area contributed by atoms with E-state index in [1.165, 1.54) is 12.1 Å². The zero-order valence-corrected chi connectivity index (χ0v) is 12.7. The molecule has 6 heteroatoms. The molecule has 0 aliphatic rings. The monoisotopic (exact) mass is 382 g/mol. The molecule has 0 heterocycles. The van der Waals surface area contributed by atoms with Crippen molar-refractivity contribution in [3.8, 4) is 0 Å². The van der Waals surface area contributed by atoms with Crippen LogP contribution < -0.4 is 5.32 Å². The molecule has 0 atom stereocenters. The van der Waals surface area contributed by atoms with Crippen LogP contribution in [0.2, 0.25) is 0 Å². The first-order chi connectivity index (χ1) is 9.49. The first-order valence-electron chi connectivity index (χ1n) is 5.80. The molecule has 1 amide bonds. The fourth-order valence-corrected chi connectivity index (χ4v) is 2.37.